The Morgan fingerprint density at radius 3 is 2.67 bits per heavy atom. The predicted molar refractivity (Wildman–Crippen MR) is 103 cm³/mol. The number of carbonyl (C=O) groups excluding carboxylic acids is 2. The molecular weight excluding hydrogens is 395 g/mol. The fourth-order valence-electron chi connectivity index (χ4n) is 3.10. The van der Waals surface area contributed by atoms with Crippen molar-refractivity contribution >= 4 is 17.5 Å². The number of amides is 2. The molecule has 0 saturated carbocycles. The molecule has 0 saturated heterocycles. The molecule has 1 aliphatic rings. The summed E-state index contributed by atoms with van der Waals surface area (Å²) in [4.78, 5) is 38.6. The summed E-state index contributed by atoms with van der Waals surface area (Å²) >= 11 is 0. The summed E-state index contributed by atoms with van der Waals surface area (Å²) in [7, 11) is 1.48. The van der Waals surface area contributed by atoms with Crippen molar-refractivity contribution in [1.82, 2.24) is 15.1 Å². The van der Waals surface area contributed by atoms with Gasteiger partial charge in [0.2, 0.25) is 11.8 Å². The number of hydrogen-bond donors (Lipinski definition) is 1. The van der Waals surface area contributed by atoms with Crippen LogP contribution in [0.2, 0.25) is 0 Å². The molecule has 2 heterocycles. The van der Waals surface area contributed by atoms with Crippen molar-refractivity contribution in [2.75, 3.05) is 18.5 Å². The molecule has 10 heteroatoms. The van der Waals surface area contributed by atoms with Crippen LogP contribution < -0.4 is 20.7 Å². The third-order valence-electron chi connectivity index (χ3n) is 4.60. The van der Waals surface area contributed by atoms with Gasteiger partial charge in [-0.3, -0.25) is 9.59 Å². The Labute approximate surface area is 169 Å². The van der Waals surface area contributed by atoms with Gasteiger partial charge in [0.05, 0.1) is 12.2 Å². The number of aromatic nitrogens is 2. The second-order valence-corrected chi connectivity index (χ2v) is 6.53. The molecule has 1 N–H and O–H groups in total. The SMILES string of the molecule is CNC(=O)[C@H]1CN(C(=O)Cn2nc(-c3ccc(F)cc3)oc2=O)c2ccccc2O1. The van der Waals surface area contributed by atoms with Crippen LogP contribution in [0.5, 0.6) is 5.75 Å². The van der Waals surface area contributed by atoms with Gasteiger partial charge in [0.15, 0.2) is 6.10 Å². The zero-order valence-electron chi connectivity index (χ0n) is 15.9. The van der Waals surface area contributed by atoms with E-state index in [9.17, 15) is 18.8 Å². The number of carbonyl (C=O) groups is 2. The summed E-state index contributed by atoms with van der Waals surface area (Å²) in [5, 5.41) is 6.53. The molecule has 0 aliphatic carbocycles. The van der Waals surface area contributed by atoms with E-state index in [0.717, 1.165) is 4.68 Å². The monoisotopic (exact) mass is 412 g/mol. The molecule has 2 amide bonds. The molecule has 1 aromatic heterocycles. The number of rotatable bonds is 4. The number of halogens is 1. The highest BCUT2D eigenvalue weighted by atomic mass is 19.1. The highest BCUT2D eigenvalue weighted by Gasteiger charge is 2.33. The minimum Gasteiger partial charge on any atom is -0.477 e. The number of likely N-dealkylation sites (N-methyl/N-ethyl adjacent to an activating group) is 1. The minimum absolute atomic E-state index is 0.0209. The average Bonchev–Trinajstić information content (AvgIpc) is 3.12. The zero-order chi connectivity index (χ0) is 21.3. The van der Waals surface area contributed by atoms with E-state index >= 15 is 0 Å². The van der Waals surface area contributed by atoms with E-state index in [0.29, 0.717) is 17.0 Å². The normalized spacial score (nSPS) is 15.3. The summed E-state index contributed by atoms with van der Waals surface area (Å²) in [6, 6.07) is 12.1. The summed E-state index contributed by atoms with van der Waals surface area (Å²) in [6.07, 6.45) is -0.891. The topological polar surface area (TPSA) is 107 Å². The Morgan fingerprint density at radius 2 is 1.93 bits per heavy atom. The van der Waals surface area contributed by atoms with Crippen LogP contribution in [0.4, 0.5) is 10.1 Å². The molecule has 1 aliphatic heterocycles. The molecule has 30 heavy (non-hydrogen) atoms. The minimum atomic E-state index is -0.891. The average molecular weight is 412 g/mol. The van der Waals surface area contributed by atoms with E-state index in [1.807, 2.05) is 0 Å². The Kier molecular flexibility index (Phi) is 5.05. The first-order valence-electron chi connectivity index (χ1n) is 9.08. The molecule has 0 spiro atoms. The molecule has 3 aromatic rings. The number of fused-ring (bicyclic) bond motifs is 1. The quantitative estimate of drug-likeness (QED) is 0.690. The molecule has 154 valence electrons. The Morgan fingerprint density at radius 1 is 1.20 bits per heavy atom. The van der Waals surface area contributed by atoms with Gasteiger partial charge in [0.25, 0.3) is 5.91 Å². The van der Waals surface area contributed by atoms with Gasteiger partial charge in [-0.1, -0.05) is 12.1 Å². The number of nitrogens with one attached hydrogen (secondary N) is 1. The molecule has 9 nitrogen and oxygen atoms in total. The van der Waals surface area contributed by atoms with Crippen LogP contribution >= 0.6 is 0 Å². The lowest BCUT2D eigenvalue weighted by atomic mass is 10.1. The summed E-state index contributed by atoms with van der Waals surface area (Å²) in [5.41, 5.74) is 0.883. The fraction of sp³-hybridized carbons (Fsp3) is 0.200. The molecule has 0 bridgehead atoms. The van der Waals surface area contributed by atoms with Crippen molar-refractivity contribution in [3.05, 3.63) is 64.9 Å². The first-order chi connectivity index (χ1) is 14.5. The maximum atomic E-state index is 13.1. The van der Waals surface area contributed by atoms with Crippen molar-refractivity contribution in [2.24, 2.45) is 0 Å². The molecule has 0 radical (unpaired) electrons. The third kappa shape index (κ3) is 3.66. The van der Waals surface area contributed by atoms with Crippen LogP contribution in [0, 0.1) is 5.82 Å². The first-order valence-corrected chi connectivity index (χ1v) is 9.08. The van der Waals surface area contributed by atoms with Crippen molar-refractivity contribution in [3.8, 4) is 17.2 Å². The Bertz CT molecular complexity index is 1150. The van der Waals surface area contributed by atoms with E-state index in [1.54, 1.807) is 24.3 Å². The molecule has 0 fully saturated rings. The van der Waals surface area contributed by atoms with Crippen molar-refractivity contribution in [3.63, 3.8) is 0 Å². The first kappa shape index (κ1) is 19.4. The van der Waals surface area contributed by atoms with Gasteiger partial charge < -0.3 is 19.4 Å². The van der Waals surface area contributed by atoms with E-state index in [1.165, 1.54) is 36.2 Å². The number of nitrogens with zero attached hydrogens (tertiary/aromatic N) is 3. The van der Waals surface area contributed by atoms with Crippen LogP contribution in [0.15, 0.2) is 57.7 Å². The van der Waals surface area contributed by atoms with Crippen LogP contribution in [0.25, 0.3) is 11.5 Å². The van der Waals surface area contributed by atoms with Crippen molar-refractivity contribution < 1.29 is 23.1 Å². The second kappa shape index (κ2) is 7.82. The van der Waals surface area contributed by atoms with Gasteiger partial charge in [-0.15, -0.1) is 5.10 Å². The van der Waals surface area contributed by atoms with Crippen LogP contribution in [-0.4, -0.2) is 41.3 Å². The smallest absolute Gasteiger partial charge is 0.437 e. The highest BCUT2D eigenvalue weighted by Crippen LogP contribution is 2.33. The Balaban J connectivity index is 1.60. The number of ether oxygens (including phenoxy) is 1. The molecular formula is C20H17FN4O5. The van der Waals surface area contributed by atoms with Gasteiger partial charge in [0.1, 0.15) is 18.1 Å². The molecule has 2 aromatic carbocycles. The second-order valence-electron chi connectivity index (χ2n) is 6.53. The maximum absolute atomic E-state index is 13.1. The summed E-state index contributed by atoms with van der Waals surface area (Å²) in [5.74, 6) is -1.76. The summed E-state index contributed by atoms with van der Waals surface area (Å²) < 4.78 is 24.7. The fourth-order valence-corrected chi connectivity index (χ4v) is 3.10. The van der Waals surface area contributed by atoms with Crippen molar-refractivity contribution in [2.45, 2.75) is 12.6 Å². The summed E-state index contributed by atoms with van der Waals surface area (Å²) in [6.45, 7) is -0.425. The van der Waals surface area contributed by atoms with Gasteiger partial charge in [-0.25, -0.2) is 9.18 Å². The van der Waals surface area contributed by atoms with Gasteiger partial charge in [-0.2, -0.15) is 4.68 Å². The van der Waals surface area contributed by atoms with E-state index in [-0.39, 0.29) is 18.3 Å². The standard InChI is InChI=1S/C20H17FN4O5/c1-22-18(27)16-10-24(14-4-2-3-5-15(14)29-16)17(26)11-25-20(28)30-19(23-25)12-6-8-13(21)9-7-12/h2-9,16H,10-11H2,1H3,(H,22,27)/t16-/m1/s1. The molecule has 0 unspecified atom stereocenters. The number of hydrogen-bond acceptors (Lipinski definition) is 6. The van der Waals surface area contributed by atoms with Crippen molar-refractivity contribution in [1.29, 1.82) is 0 Å². The van der Waals surface area contributed by atoms with E-state index in [4.69, 9.17) is 9.15 Å². The van der Waals surface area contributed by atoms with Gasteiger partial charge in [-0.05, 0) is 36.4 Å². The van der Waals surface area contributed by atoms with Gasteiger partial charge in [0, 0.05) is 12.6 Å². The molecule has 4 rings (SSSR count). The third-order valence-corrected chi connectivity index (χ3v) is 4.60. The van der Waals surface area contributed by atoms with E-state index in [2.05, 4.69) is 10.4 Å². The maximum Gasteiger partial charge on any atom is 0.437 e. The van der Waals surface area contributed by atoms with Crippen LogP contribution in [0.3, 0.4) is 0 Å². The van der Waals surface area contributed by atoms with E-state index < -0.39 is 30.1 Å². The predicted octanol–water partition coefficient (Wildman–Crippen LogP) is 1.18. The number of benzene rings is 2. The van der Waals surface area contributed by atoms with Crippen LogP contribution in [-0.2, 0) is 16.1 Å². The highest BCUT2D eigenvalue weighted by molar-refractivity contribution is 5.97. The molecule has 1 atom stereocenters. The lowest BCUT2D eigenvalue weighted by Crippen LogP contribution is -2.51. The van der Waals surface area contributed by atoms with Gasteiger partial charge >= 0.3 is 5.76 Å². The number of anilines is 1. The zero-order valence-corrected chi connectivity index (χ0v) is 15.9. The Hall–Kier alpha value is -3.95. The largest absolute Gasteiger partial charge is 0.477 e. The number of para-hydroxylation sites is 2. The lowest BCUT2D eigenvalue weighted by molar-refractivity contribution is -0.128. The lowest BCUT2D eigenvalue weighted by Gasteiger charge is -2.33. The van der Waals surface area contributed by atoms with Crippen LogP contribution in [0.1, 0.15) is 0 Å².